The zero-order chi connectivity index (χ0) is 31.8. The van der Waals surface area contributed by atoms with Gasteiger partial charge in [-0.1, -0.05) is 67.2 Å². The Labute approximate surface area is 252 Å². The summed E-state index contributed by atoms with van der Waals surface area (Å²) < 4.78 is 5.49. The number of carbonyl (C=O) groups excluding carboxylic acids is 4. The number of rotatable bonds is 10. The van der Waals surface area contributed by atoms with E-state index in [0.29, 0.717) is 31.2 Å². The van der Waals surface area contributed by atoms with Gasteiger partial charge in [0, 0.05) is 6.54 Å². The Morgan fingerprint density at radius 3 is 2.02 bits per heavy atom. The topological polar surface area (TPSA) is 151 Å². The number of alkyl carbamates (subject to hydrolysis) is 1. The van der Waals surface area contributed by atoms with Crippen molar-refractivity contribution in [2.45, 2.75) is 144 Å². The van der Waals surface area contributed by atoms with Gasteiger partial charge in [-0.05, 0) is 74.5 Å². The van der Waals surface area contributed by atoms with Gasteiger partial charge in [0.05, 0.1) is 6.04 Å². The van der Waals surface area contributed by atoms with Crippen LogP contribution in [0.2, 0.25) is 0 Å². The van der Waals surface area contributed by atoms with Crippen LogP contribution in [0.1, 0.15) is 114 Å². The highest BCUT2D eigenvalue weighted by Crippen LogP contribution is 2.62. The molecule has 0 aromatic heterocycles. The highest BCUT2D eigenvalue weighted by atomic mass is 16.6. The molecule has 2 aliphatic carbocycles. The van der Waals surface area contributed by atoms with Crippen LogP contribution in [-0.4, -0.2) is 70.2 Å². The quantitative estimate of drug-likeness (QED) is 0.302. The lowest BCUT2D eigenvalue weighted by atomic mass is 9.48. The van der Waals surface area contributed by atoms with Gasteiger partial charge in [-0.25, -0.2) is 4.79 Å². The fourth-order valence-electron chi connectivity index (χ4n) is 7.42. The van der Waals surface area contributed by atoms with Crippen molar-refractivity contribution in [1.82, 2.24) is 15.5 Å². The predicted octanol–water partition coefficient (Wildman–Crippen LogP) is 3.88. The van der Waals surface area contributed by atoms with Crippen LogP contribution in [0.25, 0.3) is 0 Å². The normalized spacial score (nSPS) is 26.5. The van der Waals surface area contributed by atoms with Gasteiger partial charge in [0.2, 0.25) is 17.7 Å². The summed E-state index contributed by atoms with van der Waals surface area (Å²) in [4.78, 5) is 54.9. The highest BCUT2D eigenvalue weighted by Gasteiger charge is 2.60. The Balaban J connectivity index is 1.96. The van der Waals surface area contributed by atoms with Gasteiger partial charge in [0.15, 0.2) is 6.10 Å². The molecular weight excluding hydrogens is 536 g/mol. The molecule has 2 saturated carbocycles. The van der Waals surface area contributed by atoms with E-state index in [2.05, 4.69) is 31.4 Å². The third-order valence-electron chi connectivity index (χ3n) is 10.3. The van der Waals surface area contributed by atoms with E-state index in [1.165, 1.54) is 0 Å². The fourth-order valence-corrected chi connectivity index (χ4v) is 7.42. The number of ether oxygens (including phenoxy) is 1. The summed E-state index contributed by atoms with van der Waals surface area (Å²) >= 11 is 0. The van der Waals surface area contributed by atoms with Crippen LogP contribution >= 0.6 is 0 Å². The number of likely N-dealkylation sites (tertiary alicyclic amines) is 1. The smallest absolute Gasteiger partial charge is 0.408 e. The van der Waals surface area contributed by atoms with Crippen molar-refractivity contribution < 1.29 is 29.0 Å². The minimum atomic E-state index is -1.52. The molecule has 0 aromatic rings. The molecule has 1 aliphatic heterocycles. The summed E-state index contributed by atoms with van der Waals surface area (Å²) in [7, 11) is 0. The summed E-state index contributed by atoms with van der Waals surface area (Å²) in [6.45, 7) is 17.9. The second-order valence-corrected chi connectivity index (χ2v) is 15.9. The zero-order valence-corrected chi connectivity index (χ0v) is 27.3. The van der Waals surface area contributed by atoms with Crippen LogP contribution in [-0.2, 0) is 19.1 Å². The minimum Gasteiger partial charge on any atom is -0.444 e. The molecule has 240 valence electrons. The largest absolute Gasteiger partial charge is 0.444 e. The van der Waals surface area contributed by atoms with E-state index < -0.39 is 53.2 Å². The molecule has 1 saturated heterocycles. The first-order chi connectivity index (χ1) is 19.2. The second-order valence-electron chi connectivity index (χ2n) is 15.9. The molecule has 5 atom stereocenters. The number of nitrogens with one attached hydrogen (secondary N) is 2. The third-order valence-corrected chi connectivity index (χ3v) is 10.3. The monoisotopic (exact) mass is 592 g/mol. The van der Waals surface area contributed by atoms with Gasteiger partial charge in [-0.3, -0.25) is 14.4 Å². The molecule has 0 bridgehead atoms. The number of hydrogen-bond acceptors (Lipinski definition) is 6. The zero-order valence-electron chi connectivity index (χ0n) is 27.3. The summed E-state index contributed by atoms with van der Waals surface area (Å²) in [6.07, 6.45) is 4.90. The number of aliphatic hydroxyl groups excluding tert-OH is 1. The number of nitrogens with two attached hydrogens (primary N) is 1. The molecule has 3 rings (SSSR count). The SMILES string of the molecule is CC(C)C1([C@]2(C)C[C@@H](C(=O)NC(CC3CCC3)C(O)C(N)=O)N(C(=O)[C@@H](NC(=O)OC(C)(C)C)C(C)(C)C)C2)CCC1. The van der Waals surface area contributed by atoms with E-state index in [0.717, 1.165) is 38.5 Å². The Kier molecular flexibility index (Phi) is 10.0. The van der Waals surface area contributed by atoms with Gasteiger partial charge in [-0.15, -0.1) is 0 Å². The molecule has 0 spiro atoms. The first kappa shape index (κ1) is 34.1. The number of primary amides is 1. The molecule has 3 fully saturated rings. The number of amides is 4. The third kappa shape index (κ3) is 7.22. The molecular formula is C32H56N4O6. The van der Waals surface area contributed by atoms with Crippen LogP contribution < -0.4 is 16.4 Å². The van der Waals surface area contributed by atoms with Crippen molar-refractivity contribution in [2.24, 2.45) is 33.8 Å². The second kappa shape index (κ2) is 12.3. The lowest BCUT2D eigenvalue weighted by molar-refractivity contribution is -0.143. The van der Waals surface area contributed by atoms with Gasteiger partial charge < -0.3 is 31.1 Å². The van der Waals surface area contributed by atoms with E-state index in [1.807, 2.05) is 20.8 Å². The van der Waals surface area contributed by atoms with Crippen LogP contribution in [0.4, 0.5) is 4.79 Å². The number of aliphatic hydroxyl groups is 1. The lowest BCUT2D eigenvalue weighted by Crippen LogP contribution is -2.60. The Hall–Kier alpha value is -2.36. The standard InChI is InChI=1S/C32H56N4O6/c1-19(2)32(14-11-15-32)31(9)17-22(26(39)34-21(23(37)25(33)38)16-20-12-10-13-20)36(18-31)27(40)24(29(3,4)5)35-28(41)42-30(6,7)8/h19-24,37H,10-18H2,1-9H3,(H2,33,38)(H,34,39)(H,35,41)/t21?,22-,23?,24+,31+/m0/s1. The molecule has 5 N–H and O–H groups in total. The van der Waals surface area contributed by atoms with Crippen molar-refractivity contribution >= 4 is 23.8 Å². The van der Waals surface area contributed by atoms with E-state index in [1.54, 1.807) is 25.7 Å². The molecule has 0 radical (unpaired) electrons. The van der Waals surface area contributed by atoms with Crippen molar-refractivity contribution in [3.8, 4) is 0 Å². The van der Waals surface area contributed by atoms with E-state index in [4.69, 9.17) is 10.5 Å². The summed E-state index contributed by atoms with van der Waals surface area (Å²) in [6, 6.07) is -2.60. The Morgan fingerprint density at radius 1 is 1.02 bits per heavy atom. The maximum atomic E-state index is 14.4. The molecule has 10 heteroatoms. The minimum absolute atomic E-state index is 0.0194. The summed E-state index contributed by atoms with van der Waals surface area (Å²) in [5.74, 6) is -0.970. The number of nitrogens with zero attached hydrogens (tertiary/aromatic N) is 1. The molecule has 4 amide bonds. The van der Waals surface area contributed by atoms with Gasteiger partial charge in [-0.2, -0.15) is 0 Å². The Bertz CT molecular complexity index is 1020. The van der Waals surface area contributed by atoms with E-state index >= 15 is 0 Å². The number of carbonyl (C=O) groups is 4. The van der Waals surface area contributed by atoms with Crippen LogP contribution in [0.15, 0.2) is 0 Å². The van der Waals surface area contributed by atoms with Crippen LogP contribution in [0.5, 0.6) is 0 Å². The molecule has 42 heavy (non-hydrogen) atoms. The molecule has 1 heterocycles. The van der Waals surface area contributed by atoms with Gasteiger partial charge >= 0.3 is 6.09 Å². The van der Waals surface area contributed by atoms with Crippen LogP contribution in [0.3, 0.4) is 0 Å². The van der Waals surface area contributed by atoms with Crippen molar-refractivity contribution in [3.63, 3.8) is 0 Å². The molecule has 2 unspecified atom stereocenters. The number of hydrogen-bond donors (Lipinski definition) is 4. The average molecular weight is 593 g/mol. The van der Waals surface area contributed by atoms with Crippen LogP contribution in [0, 0.1) is 28.1 Å². The van der Waals surface area contributed by atoms with Gasteiger partial charge in [0.25, 0.3) is 0 Å². The maximum Gasteiger partial charge on any atom is 0.408 e. The van der Waals surface area contributed by atoms with E-state index in [9.17, 15) is 24.3 Å². The van der Waals surface area contributed by atoms with Gasteiger partial charge in [0.1, 0.15) is 17.7 Å². The fraction of sp³-hybridized carbons (Fsp3) is 0.875. The molecule has 0 aromatic carbocycles. The van der Waals surface area contributed by atoms with Crippen molar-refractivity contribution in [1.29, 1.82) is 0 Å². The summed E-state index contributed by atoms with van der Waals surface area (Å²) in [5.41, 5.74) is 3.69. The first-order valence-corrected chi connectivity index (χ1v) is 15.8. The first-order valence-electron chi connectivity index (χ1n) is 15.8. The highest BCUT2D eigenvalue weighted by molar-refractivity contribution is 5.93. The average Bonchev–Trinajstić information content (AvgIpc) is 3.13. The van der Waals surface area contributed by atoms with E-state index in [-0.39, 0.29) is 16.7 Å². The molecule has 3 aliphatic rings. The molecule has 10 nitrogen and oxygen atoms in total. The van der Waals surface area contributed by atoms with Crippen molar-refractivity contribution in [2.75, 3.05) is 6.54 Å². The van der Waals surface area contributed by atoms with Crippen molar-refractivity contribution in [3.05, 3.63) is 0 Å². The predicted molar refractivity (Wildman–Crippen MR) is 161 cm³/mol. The summed E-state index contributed by atoms with van der Waals surface area (Å²) in [5, 5.41) is 16.4. The lowest BCUT2D eigenvalue weighted by Gasteiger charge is -2.56. The Morgan fingerprint density at radius 2 is 1.62 bits per heavy atom. The maximum absolute atomic E-state index is 14.4.